The SMILES string of the molecule is CC(N)C1CCCCN1C(=O)Cc1ccc(Br)s1.Cl. The fraction of sp³-hybridized carbons (Fsp3) is 0.615. The Morgan fingerprint density at radius 3 is 2.89 bits per heavy atom. The highest BCUT2D eigenvalue weighted by molar-refractivity contribution is 9.11. The van der Waals surface area contributed by atoms with E-state index < -0.39 is 0 Å². The average molecular weight is 368 g/mol. The molecule has 2 atom stereocenters. The third kappa shape index (κ3) is 4.45. The van der Waals surface area contributed by atoms with E-state index in [1.165, 1.54) is 6.42 Å². The molecule has 1 aliphatic heterocycles. The number of halogens is 2. The molecule has 0 radical (unpaired) electrons. The monoisotopic (exact) mass is 366 g/mol. The molecule has 0 aliphatic carbocycles. The summed E-state index contributed by atoms with van der Waals surface area (Å²) in [7, 11) is 0. The Kier molecular flexibility index (Phi) is 6.80. The van der Waals surface area contributed by atoms with Crippen LogP contribution in [0.5, 0.6) is 0 Å². The predicted molar refractivity (Wildman–Crippen MR) is 86.0 cm³/mol. The lowest BCUT2D eigenvalue weighted by molar-refractivity contribution is -0.134. The van der Waals surface area contributed by atoms with Gasteiger partial charge in [0.05, 0.1) is 10.2 Å². The van der Waals surface area contributed by atoms with E-state index in [2.05, 4.69) is 15.9 Å². The van der Waals surface area contributed by atoms with Crippen LogP contribution in [0.15, 0.2) is 15.9 Å². The number of nitrogens with two attached hydrogens (primary N) is 1. The zero-order valence-electron chi connectivity index (χ0n) is 11.0. The number of amides is 1. The zero-order chi connectivity index (χ0) is 13.1. The number of thiophene rings is 1. The van der Waals surface area contributed by atoms with Crippen LogP contribution in [-0.2, 0) is 11.2 Å². The number of hydrogen-bond acceptors (Lipinski definition) is 3. The van der Waals surface area contributed by atoms with Crippen LogP contribution < -0.4 is 5.73 Å². The summed E-state index contributed by atoms with van der Waals surface area (Å²) in [5.41, 5.74) is 5.99. The van der Waals surface area contributed by atoms with Crippen LogP contribution in [0.2, 0.25) is 0 Å². The molecule has 1 aliphatic rings. The molecule has 1 saturated heterocycles. The third-order valence-electron chi connectivity index (χ3n) is 3.43. The zero-order valence-corrected chi connectivity index (χ0v) is 14.2. The predicted octanol–water partition coefficient (Wildman–Crippen LogP) is 3.20. The summed E-state index contributed by atoms with van der Waals surface area (Å²) < 4.78 is 1.08. The minimum Gasteiger partial charge on any atom is -0.338 e. The van der Waals surface area contributed by atoms with Crippen LogP contribution in [0, 0.1) is 0 Å². The highest BCUT2D eigenvalue weighted by Gasteiger charge is 2.29. The van der Waals surface area contributed by atoms with Gasteiger partial charge in [-0.25, -0.2) is 0 Å². The van der Waals surface area contributed by atoms with Crippen molar-refractivity contribution in [3.63, 3.8) is 0 Å². The fourth-order valence-electron chi connectivity index (χ4n) is 2.51. The van der Waals surface area contributed by atoms with Gasteiger partial charge in [0.2, 0.25) is 5.91 Å². The molecule has 19 heavy (non-hydrogen) atoms. The lowest BCUT2D eigenvalue weighted by Gasteiger charge is -2.38. The molecule has 2 N–H and O–H groups in total. The summed E-state index contributed by atoms with van der Waals surface area (Å²) in [6.07, 6.45) is 3.82. The molecular weight excluding hydrogens is 348 g/mol. The Bertz CT molecular complexity index is 425. The molecule has 2 heterocycles. The second-order valence-electron chi connectivity index (χ2n) is 4.89. The first-order valence-electron chi connectivity index (χ1n) is 6.37. The quantitative estimate of drug-likeness (QED) is 0.891. The highest BCUT2D eigenvalue weighted by Crippen LogP contribution is 2.25. The van der Waals surface area contributed by atoms with Crippen molar-refractivity contribution in [3.05, 3.63) is 20.8 Å². The van der Waals surface area contributed by atoms with E-state index in [1.807, 2.05) is 24.0 Å². The number of piperidine rings is 1. The topological polar surface area (TPSA) is 46.3 Å². The first-order chi connectivity index (χ1) is 8.58. The van der Waals surface area contributed by atoms with Gasteiger partial charge in [-0.15, -0.1) is 23.7 Å². The average Bonchev–Trinajstić information content (AvgIpc) is 2.74. The van der Waals surface area contributed by atoms with Crippen LogP contribution in [0.4, 0.5) is 0 Å². The molecule has 1 aromatic rings. The van der Waals surface area contributed by atoms with Gasteiger partial charge >= 0.3 is 0 Å². The maximum atomic E-state index is 12.4. The molecule has 1 fully saturated rings. The molecule has 0 saturated carbocycles. The number of rotatable bonds is 3. The molecule has 1 aromatic heterocycles. The maximum absolute atomic E-state index is 12.4. The van der Waals surface area contributed by atoms with Gasteiger partial charge in [-0.05, 0) is 54.2 Å². The molecular formula is C13H20BrClN2OS. The van der Waals surface area contributed by atoms with Crippen LogP contribution in [0.25, 0.3) is 0 Å². The number of carbonyl (C=O) groups excluding carboxylic acids is 1. The van der Waals surface area contributed by atoms with Crippen LogP contribution in [-0.4, -0.2) is 29.4 Å². The van der Waals surface area contributed by atoms with Crippen molar-refractivity contribution in [1.82, 2.24) is 4.90 Å². The third-order valence-corrected chi connectivity index (χ3v) is 5.05. The van der Waals surface area contributed by atoms with E-state index in [4.69, 9.17) is 5.73 Å². The standard InChI is InChI=1S/C13H19BrN2OS.ClH/c1-9(15)11-4-2-3-7-16(11)13(17)8-10-5-6-12(14)18-10;/h5-6,9,11H,2-4,7-8,15H2,1H3;1H. The molecule has 3 nitrogen and oxygen atoms in total. The van der Waals surface area contributed by atoms with Gasteiger partial charge in [0, 0.05) is 23.5 Å². The Hall–Kier alpha value is -0.100. The smallest absolute Gasteiger partial charge is 0.228 e. The Morgan fingerprint density at radius 1 is 1.58 bits per heavy atom. The van der Waals surface area contributed by atoms with Crippen molar-refractivity contribution in [2.45, 2.75) is 44.7 Å². The van der Waals surface area contributed by atoms with Crippen molar-refractivity contribution < 1.29 is 4.79 Å². The Morgan fingerprint density at radius 2 is 2.32 bits per heavy atom. The summed E-state index contributed by atoms with van der Waals surface area (Å²) in [6.45, 7) is 2.86. The van der Waals surface area contributed by atoms with Gasteiger partial charge in [0.25, 0.3) is 0 Å². The first kappa shape index (κ1) is 17.0. The normalized spacial score (nSPS) is 20.8. The second-order valence-corrected chi connectivity index (χ2v) is 7.44. The Balaban J connectivity index is 0.00000180. The van der Waals surface area contributed by atoms with Gasteiger partial charge in [-0.1, -0.05) is 0 Å². The first-order valence-corrected chi connectivity index (χ1v) is 7.98. The molecule has 6 heteroatoms. The van der Waals surface area contributed by atoms with Crippen LogP contribution >= 0.6 is 39.7 Å². The van der Waals surface area contributed by atoms with E-state index in [0.717, 1.165) is 28.0 Å². The highest BCUT2D eigenvalue weighted by atomic mass is 79.9. The number of hydrogen-bond donors (Lipinski definition) is 1. The maximum Gasteiger partial charge on any atom is 0.228 e. The van der Waals surface area contributed by atoms with Crippen molar-refractivity contribution in [1.29, 1.82) is 0 Å². The van der Waals surface area contributed by atoms with Gasteiger partial charge in [-0.3, -0.25) is 4.79 Å². The molecule has 1 amide bonds. The molecule has 0 spiro atoms. The Labute approximate surface area is 133 Å². The van der Waals surface area contributed by atoms with Gasteiger partial charge < -0.3 is 10.6 Å². The summed E-state index contributed by atoms with van der Waals surface area (Å²) in [4.78, 5) is 15.5. The second kappa shape index (κ2) is 7.62. The van der Waals surface area contributed by atoms with E-state index in [0.29, 0.717) is 6.42 Å². The summed E-state index contributed by atoms with van der Waals surface area (Å²) in [5, 5.41) is 0. The summed E-state index contributed by atoms with van der Waals surface area (Å²) in [5.74, 6) is 0.214. The van der Waals surface area contributed by atoms with E-state index >= 15 is 0 Å². The van der Waals surface area contributed by atoms with Gasteiger partial charge in [0.1, 0.15) is 0 Å². The largest absolute Gasteiger partial charge is 0.338 e. The molecule has 108 valence electrons. The molecule has 2 unspecified atom stereocenters. The minimum absolute atomic E-state index is 0. The minimum atomic E-state index is 0. The number of likely N-dealkylation sites (tertiary alicyclic amines) is 1. The van der Waals surface area contributed by atoms with Gasteiger partial charge in [-0.2, -0.15) is 0 Å². The molecule has 0 aromatic carbocycles. The fourth-order valence-corrected chi connectivity index (χ4v) is 3.99. The summed E-state index contributed by atoms with van der Waals surface area (Å²) in [6, 6.07) is 4.28. The van der Waals surface area contributed by atoms with Crippen molar-refractivity contribution >= 4 is 45.6 Å². The van der Waals surface area contributed by atoms with Crippen molar-refractivity contribution in [2.75, 3.05) is 6.54 Å². The summed E-state index contributed by atoms with van der Waals surface area (Å²) >= 11 is 5.05. The lowest BCUT2D eigenvalue weighted by Crippen LogP contribution is -2.52. The van der Waals surface area contributed by atoms with Crippen molar-refractivity contribution in [2.24, 2.45) is 5.73 Å². The lowest BCUT2D eigenvalue weighted by atomic mass is 9.96. The van der Waals surface area contributed by atoms with Gasteiger partial charge in [0.15, 0.2) is 0 Å². The molecule has 0 bridgehead atoms. The van der Waals surface area contributed by atoms with Crippen LogP contribution in [0.1, 0.15) is 31.1 Å². The van der Waals surface area contributed by atoms with E-state index in [-0.39, 0.29) is 30.4 Å². The van der Waals surface area contributed by atoms with Crippen LogP contribution in [0.3, 0.4) is 0 Å². The number of nitrogens with zero attached hydrogens (tertiary/aromatic N) is 1. The molecule has 2 rings (SSSR count). The van der Waals surface area contributed by atoms with E-state index in [9.17, 15) is 4.79 Å². The number of carbonyl (C=O) groups is 1. The van der Waals surface area contributed by atoms with E-state index in [1.54, 1.807) is 11.3 Å². The van der Waals surface area contributed by atoms with Crippen molar-refractivity contribution in [3.8, 4) is 0 Å².